The zero-order chi connectivity index (χ0) is 25.8. The molecule has 4 heterocycles. The van der Waals surface area contributed by atoms with Gasteiger partial charge in [0.25, 0.3) is 11.3 Å². The van der Waals surface area contributed by atoms with Crippen molar-refractivity contribution < 1.29 is 24.4 Å². The van der Waals surface area contributed by atoms with Crippen molar-refractivity contribution in [2.45, 2.75) is 30.5 Å². The number of aliphatic carboxylic acids is 1. The molecular formula is C18H17ClN6O7S3. The van der Waals surface area contributed by atoms with Crippen molar-refractivity contribution in [1.82, 2.24) is 19.8 Å². The van der Waals surface area contributed by atoms with Gasteiger partial charge in [0.05, 0.1) is 10.2 Å². The minimum Gasteiger partial charge on any atom is -0.481 e. The van der Waals surface area contributed by atoms with Crippen molar-refractivity contribution in [3.05, 3.63) is 47.8 Å². The third-order valence-corrected chi connectivity index (χ3v) is 9.41. The fourth-order valence-electron chi connectivity index (χ4n) is 4.01. The molecule has 3 unspecified atom stereocenters. The molecule has 0 bridgehead atoms. The molecule has 0 aliphatic carbocycles. The van der Waals surface area contributed by atoms with E-state index in [1.807, 2.05) is 0 Å². The predicted molar refractivity (Wildman–Crippen MR) is 129 cm³/mol. The zero-order valence-corrected chi connectivity index (χ0v) is 21.3. The number of carbonyl (C=O) groups is 3. The summed E-state index contributed by atoms with van der Waals surface area (Å²) in [6, 6.07) is -1.09. The number of rotatable bonds is 6. The van der Waals surface area contributed by atoms with Gasteiger partial charge in [-0.05, 0) is 6.92 Å². The number of carboxylic acid groups (broad SMARTS) is 1. The predicted octanol–water partition coefficient (Wildman–Crippen LogP) is 1.08. The molecule has 186 valence electrons. The summed E-state index contributed by atoms with van der Waals surface area (Å²) >= 11 is 12.7. The van der Waals surface area contributed by atoms with E-state index in [9.17, 15) is 34.4 Å². The Labute approximate surface area is 215 Å². The van der Waals surface area contributed by atoms with Gasteiger partial charge in [-0.25, -0.2) is 5.01 Å². The highest BCUT2D eigenvalue weighted by Crippen LogP contribution is 2.51. The Balaban J connectivity index is 1.66. The largest absolute Gasteiger partial charge is 0.481 e. The molecule has 2 amide bonds. The summed E-state index contributed by atoms with van der Waals surface area (Å²) < 4.78 is 0.954. The highest BCUT2D eigenvalue weighted by atomic mass is 35.5. The summed E-state index contributed by atoms with van der Waals surface area (Å²) in [5.41, 5.74) is -3.35. The maximum atomic E-state index is 13.2. The lowest BCUT2D eigenvalue weighted by atomic mass is 9.83. The zero-order valence-electron chi connectivity index (χ0n) is 18.0. The molecule has 35 heavy (non-hydrogen) atoms. The molecule has 0 aromatic carbocycles. The van der Waals surface area contributed by atoms with E-state index >= 15 is 0 Å². The Morgan fingerprint density at radius 2 is 2.09 bits per heavy atom. The van der Waals surface area contributed by atoms with Crippen LogP contribution in [0.5, 0.6) is 0 Å². The van der Waals surface area contributed by atoms with Gasteiger partial charge in [-0.1, -0.05) is 11.6 Å². The molecule has 2 aromatic heterocycles. The van der Waals surface area contributed by atoms with E-state index in [2.05, 4.69) is 22.8 Å². The standard InChI is InChI=1S/C18H17ClN6O7S3/c1-7-20-21-14(35-7)13(33)18(17(29)30)5-23-15(28)11(16(23)34-6-18)24(8(2)26)22-3-9(19)12(27)10(4-22)25(31)32/h3-4,11,13,16,33H,5-6H2,1-2H3,(H,29,30)/t11?,13?,16-,18?/m1/s1. The van der Waals surface area contributed by atoms with Crippen LogP contribution in [0.3, 0.4) is 0 Å². The monoisotopic (exact) mass is 560 g/mol. The van der Waals surface area contributed by atoms with Crippen LogP contribution < -0.4 is 10.4 Å². The van der Waals surface area contributed by atoms with Crippen molar-refractivity contribution >= 4 is 70.8 Å². The van der Waals surface area contributed by atoms with E-state index in [0.717, 1.165) is 40.8 Å². The first-order valence-electron chi connectivity index (χ1n) is 9.89. The van der Waals surface area contributed by atoms with Gasteiger partial charge in [-0.3, -0.25) is 34.0 Å². The van der Waals surface area contributed by atoms with Crippen LogP contribution in [0, 0.1) is 22.5 Å². The van der Waals surface area contributed by atoms with Crippen molar-refractivity contribution in [2.24, 2.45) is 5.41 Å². The number of amides is 2. The maximum absolute atomic E-state index is 13.2. The number of β-lactam (4-membered cyclic amide) rings is 1. The van der Waals surface area contributed by atoms with Crippen LogP contribution in [-0.2, 0) is 14.4 Å². The Bertz CT molecular complexity index is 1320. The van der Waals surface area contributed by atoms with Gasteiger partial charge in [0.1, 0.15) is 32.0 Å². The lowest BCUT2D eigenvalue weighted by Gasteiger charge is -2.56. The topological polar surface area (TPSA) is 169 Å². The number of carbonyl (C=O) groups excluding carboxylic acids is 2. The van der Waals surface area contributed by atoms with Gasteiger partial charge in [0, 0.05) is 25.4 Å². The molecule has 0 saturated carbocycles. The number of thiol groups is 1. The molecule has 4 atom stereocenters. The number of thioether (sulfide) groups is 1. The summed E-state index contributed by atoms with van der Waals surface area (Å²) in [6.45, 7) is 2.71. The van der Waals surface area contributed by atoms with E-state index in [-0.39, 0.29) is 12.3 Å². The van der Waals surface area contributed by atoms with Crippen LogP contribution in [0.4, 0.5) is 5.69 Å². The van der Waals surface area contributed by atoms with E-state index in [4.69, 9.17) is 11.6 Å². The summed E-state index contributed by atoms with van der Waals surface area (Å²) in [5, 5.41) is 29.3. The van der Waals surface area contributed by atoms with E-state index in [0.29, 0.717) is 10.0 Å². The summed E-state index contributed by atoms with van der Waals surface area (Å²) in [4.78, 5) is 61.7. The molecule has 2 fully saturated rings. The lowest BCUT2D eigenvalue weighted by molar-refractivity contribution is -0.386. The highest BCUT2D eigenvalue weighted by molar-refractivity contribution is 8.00. The molecule has 4 rings (SSSR count). The van der Waals surface area contributed by atoms with Crippen molar-refractivity contribution in [3.63, 3.8) is 0 Å². The molecule has 0 spiro atoms. The summed E-state index contributed by atoms with van der Waals surface area (Å²) in [5.74, 6) is -2.30. The molecule has 2 saturated heterocycles. The SMILES string of the molecule is CC(=O)N(C1C(=O)N2CC(C(=O)O)(C(S)c3nnc(C)s3)CS[C@H]12)n1cc(Cl)c(=O)c([N+](=O)[O-])c1. The van der Waals surface area contributed by atoms with Crippen LogP contribution in [0.1, 0.15) is 22.2 Å². The van der Waals surface area contributed by atoms with E-state index in [1.165, 1.54) is 16.2 Å². The number of nitrogens with zero attached hydrogens (tertiary/aromatic N) is 6. The fraction of sp³-hybridized carbons (Fsp3) is 0.444. The smallest absolute Gasteiger partial charge is 0.335 e. The van der Waals surface area contributed by atoms with Crippen molar-refractivity contribution in [2.75, 3.05) is 17.3 Å². The number of hydrogen-bond acceptors (Lipinski definition) is 11. The van der Waals surface area contributed by atoms with Gasteiger partial charge in [0.15, 0.2) is 6.04 Å². The van der Waals surface area contributed by atoms with E-state index in [1.54, 1.807) is 6.92 Å². The normalized spacial score (nSPS) is 24.3. The minimum atomic E-state index is -1.46. The molecule has 0 radical (unpaired) electrons. The number of pyridine rings is 1. The van der Waals surface area contributed by atoms with Gasteiger partial charge in [-0.15, -0.1) is 33.3 Å². The number of aromatic nitrogens is 3. The molecule has 13 nitrogen and oxygen atoms in total. The Morgan fingerprint density at radius 1 is 1.40 bits per heavy atom. The quantitative estimate of drug-likeness (QED) is 0.225. The second kappa shape index (κ2) is 9.07. The lowest BCUT2D eigenvalue weighted by Crippen LogP contribution is -2.76. The van der Waals surface area contributed by atoms with E-state index < -0.39 is 60.9 Å². The fourth-order valence-corrected chi connectivity index (χ4v) is 7.25. The first kappa shape index (κ1) is 25.4. The first-order valence-corrected chi connectivity index (χ1v) is 12.6. The Hall–Kier alpha value is -2.69. The molecule has 17 heteroatoms. The van der Waals surface area contributed by atoms with Crippen LogP contribution >= 0.6 is 47.3 Å². The van der Waals surface area contributed by atoms with Gasteiger partial charge in [0.2, 0.25) is 5.91 Å². The Morgan fingerprint density at radius 3 is 2.63 bits per heavy atom. The van der Waals surface area contributed by atoms with Crippen LogP contribution in [0.15, 0.2) is 17.2 Å². The van der Waals surface area contributed by atoms with Crippen LogP contribution in [-0.4, -0.2) is 71.3 Å². The van der Waals surface area contributed by atoms with Crippen molar-refractivity contribution in [1.29, 1.82) is 0 Å². The average molecular weight is 561 g/mol. The third-order valence-electron chi connectivity index (χ3n) is 5.78. The highest BCUT2D eigenvalue weighted by Gasteiger charge is 2.62. The number of halogens is 1. The maximum Gasteiger partial charge on any atom is 0.335 e. The van der Waals surface area contributed by atoms with Crippen molar-refractivity contribution in [3.8, 4) is 0 Å². The molecular weight excluding hydrogens is 544 g/mol. The first-order chi connectivity index (χ1) is 16.4. The van der Waals surface area contributed by atoms with Gasteiger partial charge < -0.3 is 10.0 Å². The number of aryl methyl sites for hydroxylation is 1. The Kier molecular flexibility index (Phi) is 6.58. The number of hydrogen-bond donors (Lipinski definition) is 2. The second-order valence-electron chi connectivity index (χ2n) is 7.96. The second-order valence-corrected chi connectivity index (χ2v) is 11.2. The third kappa shape index (κ3) is 4.07. The average Bonchev–Trinajstić information content (AvgIpc) is 3.23. The van der Waals surface area contributed by atoms with Crippen LogP contribution in [0.2, 0.25) is 5.02 Å². The number of nitro groups is 1. The molecule has 2 aliphatic heterocycles. The molecule has 1 N–H and O–H groups in total. The number of carboxylic acids is 1. The van der Waals surface area contributed by atoms with Gasteiger partial charge in [-0.2, -0.15) is 12.6 Å². The molecule has 2 aromatic rings. The van der Waals surface area contributed by atoms with Crippen LogP contribution in [0.25, 0.3) is 0 Å². The number of fused-ring (bicyclic) bond motifs is 1. The van der Waals surface area contributed by atoms with Gasteiger partial charge >= 0.3 is 11.7 Å². The minimum absolute atomic E-state index is 0.0525. The summed E-state index contributed by atoms with van der Waals surface area (Å²) in [6.07, 6.45) is 1.84. The molecule has 2 aliphatic rings. The summed E-state index contributed by atoms with van der Waals surface area (Å²) in [7, 11) is 0.